The van der Waals surface area contributed by atoms with Gasteiger partial charge in [-0.1, -0.05) is 212 Å². The molecular weight excluding hydrogens is 643 g/mol. The predicted octanol–water partition coefficient (Wildman–Crippen LogP) is 13.4. The lowest BCUT2D eigenvalue weighted by Gasteiger charge is -2.26. The molecule has 0 rings (SSSR count). The zero-order chi connectivity index (χ0) is 38.0. The molecule has 0 bridgehead atoms. The van der Waals surface area contributed by atoms with Gasteiger partial charge in [0.2, 0.25) is 5.91 Å². The number of hydrogen-bond donors (Lipinski definition) is 4. The van der Waals surface area contributed by atoms with Crippen LogP contribution in [0.4, 0.5) is 0 Å². The van der Waals surface area contributed by atoms with Gasteiger partial charge in [0, 0.05) is 6.42 Å². The van der Waals surface area contributed by atoms with Gasteiger partial charge in [-0.15, -0.1) is 0 Å². The molecule has 0 aliphatic rings. The summed E-state index contributed by atoms with van der Waals surface area (Å²) >= 11 is 0. The van der Waals surface area contributed by atoms with Crippen LogP contribution in [0, 0.1) is 0 Å². The molecule has 0 radical (unpaired) electrons. The quantitative estimate of drug-likeness (QED) is 0.0371. The normalized spacial score (nSPS) is 13.7. The summed E-state index contributed by atoms with van der Waals surface area (Å²) in [6.45, 7) is 4.17. The Labute approximate surface area is 324 Å². The number of allylic oxidation sites excluding steroid dienone is 4. The zero-order valence-electron chi connectivity index (χ0n) is 35.0. The second kappa shape index (κ2) is 42.6. The highest BCUT2D eigenvalue weighted by Crippen LogP contribution is 2.16. The van der Waals surface area contributed by atoms with E-state index in [9.17, 15) is 20.1 Å². The van der Waals surface area contributed by atoms with E-state index in [1.165, 1.54) is 173 Å². The molecule has 0 spiro atoms. The highest BCUT2D eigenvalue weighted by atomic mass is 16.3. The standard InChI is InChI=1S/C47H91NO4/c1-3-5-7-9-11-13-15-17-19-21-22-23-24-26-28-30-32-34-36-38-40-42-46(51)48-44(43-49)47(52)45(50)41-39-37-35-33-31-29-27-25-20-18-16-14-12-10-8-6-4-2/h25,27,33,35,44-45,47,49-50,52H,3-24,26,28-32,34,36-43H2,1-2H3,(H,48,51)/b27-25+,35-33+. The summed E-state index contributed by atoms with van der Waals surface area (Å²) in [5, 5.41) is 33.5. The van der Waals surface area contributed by atoms with E-state index in [-0.39, 0.29) is 12.5 Å². The molecule has 0 fully saturated rings. The van der Waals surface area contributed by atoms with E-state index < -0.39 is 18.2 Å². The summed E-state index contributed by atoms with van der Waals surface area (Å²) in [7, 11) is 0. The lowest BCUT2D eigenvalue weighted by molar-refractivity contribution is -0.124. The van der Waals surface area contributed by atoms with Crippen LogP contribution in [0.2, 0.25) is 0 Å². The molecule has 308 valence electrons. The highest BCUT2D eigenvalue weighted by molar-refractivity contribution is 5.76. The van der Waals surface area contributed by atoms with Crippen molar-refractivity contribution in [1.29, 1.82) is 0 Å². The Morgan fingerprint density at radius 3 is 1.17 bits per heavy atom. The molecule has 0 aliphatic heterocycles. The average Bonchev–Trinajstić information content (AvgIpc) is 3.15. The number of nitrogens with one attached hydrogen (secondary N) is 1. The Balaban J connectivity index is 3.64. The molecule has 52 heavy (non-hydrogen) atoms. The SMILES string of the molecule is CCCCCCCCCC/C=C/CC/C=C/CCCC(O)C(O)C(CO)NC(=O)CCCCCCCCCCCCCCCCCCCCCCC. The molecule has 0 aromatic carbocycles. The van der Waals surface area contributed by atoms with Gasteiger partial charge in [-0.05, 0) is 51.4 Å². The van der Waals surface area contributed by atoms with Gasteiger partial charge < -0.3 is 20.6 Å². The van der Waals surface area contributed by atoms with Crippen molar-refractivity contribution < 1.29 is 20.1 Å². The van der Waals surface area contributed by atoms with Crippen molar-refractivity contribution in [2.75, 3.05) is 6.61 Å². The van der Waals surface area contributed by atoms with Crippen molar-refractivity contribution in [2.45, 2.75) is 263 Å². The molecule has 5 heteroatoms. The van der Waals surface area contributed by atoms with E-state index in [4.69, 9.17) is 0 Å². The molecule has 1 amide bonds. The van der Waals surface area contributed by atoms with Gasteiger partial charge in [0.15, 0.2) is 0 Å². The van der Waals surface area contributed by atoms with Crippen LogP contribution >= 0.6 is 0 Å². The summed E-state index contributed by atoms with van der Waals surface area (Å²) in [4.78, 5) is 12.4. The van der Waals surface area contributed by atoms with Crippen molar-refractivity contribution in [3.8, 4) is 0 Å². The number of carbonyl (C=O) groups is 1. The molecule has 0 saturated carbocycles. The maximum absolute atomic E-state index is 12.4. The molecule has 5 nitrogen and oxygen atoms in total. The van der Waals surface area contributed by atoms with Crippen molar-refractivity contribution in [1.82, 2.24) is 5.32 Å². The molecule has 0 aliphatic carbocycles. The Hall–Kier alpha value is -1.17. The van der Waals surface area contributed by atoms with Crippen molar-refractivity contribution in [2.24, 2.45) is 0 Å². The third kappa shape index (κ3) is 37.2. The van der Waals surface area contributed by atoms with Crippen molar-refractivity contribution >= 4 is 5.91 Å². The number of aliphatic hydroxyl groups excluding tert-OH is 3. The van der Waals surface area contributed by atoms with Gasteiger partial charge >= 0.3 is 0 Å². The van der Waals surface area contributed by atoms with E-state index in [1.54, 1.807) is 0 Å². The zero-order valence-corrected chi connectivity index (χ0v) is 35.0. The van der Waals surface area contributed by atoms with Crippen LogP contribution in [-0.4, -0.2) is 46.1 Å². The molecule has 0 saturated heterocycles. The second-order valence-electron chi connectivity index (χ2n) is 16.0. The van der Waals surface area contributed by atoms with Crippen LogP contribution in [0.25, 0.3) is 0 Å². The molecule has 0 heterocycles. The number of unbranched alkanes of at least 4 members (excludes halogenated alkanes) is 30. The number of carbonyl (C=O) groups excluding carboxylic acids is 1. The van der Waals surface area contributed by atoms with Gasteiger partial charge in [0.25, 0.3) is 0 Å². The molecule has 4 N–H and O–H groups in total. The number of hydrogen-bond acceptors (Lipinski definition) is 4. The first-order valence-electron chi connectivity index (χ1n) is 23.1. The van der Waals surface area contributed by atoms with Crippen LogP contribution in [0.5, 0.6) is 0 Å². The third-order valence-electron chi connectivity index (χ3n) is 10.8. The largest absolute Gasteiger partial charge is 0.394 e. The van der Waals surface area contributed by atoms with Crippen molar-refractivity contribution in [3.63, 3.8) is 0 Å². The first-order chi connectivity index (χ1) is 25.6. The minimum absolute atomic E-state index is 0.155. The Bertz CT molecular complexity index is 768. The minimum atomic E-state index is -1.16. The summed E-state index contributed by atoms with van der Waals surface area (Å²) in [6.07, 6.45) is 51.5. The Morgan fingerprint density at radius 2 is 0.788 bits per heavy atom. The van der Waals surface area contributed by atoms with Gasteiger partial charge in [0.1, 0.15) is 6.10 Å². The van der Waals surface area contributed by atoms with E-state index in [0.717, 1.165) is 44.9 Å². The third-order valence-corrected chi connectivity index (χ3v) is 10.8. The number of amides is 1. The fraction of sp³-hybridized carbons (Fsp3) is 0.894. The van der Waals surface area contributed by atoms with Crippen molar-refractivity contribution in [3.05, 3.63) is 24.3 Å². The molecule has 0 aromatic heterocycles. The van der Waals surface area contributed by atoms with Gasteiger partial charge in [-0.25, -0.2) is 0 Å². The van der Waals surface area contributed by atoms with Crippen LogP contribution in [0.1, 0.15) is 245 Å². The summed E-state index contributed by atoms with van der Waals surface area (Å²) in [5.74, 6) is -0.155. The van der Waals surface area contributed by atoms with Crippen LogP contribution in [-0.2, 0) is 4.79 Å². The van der Waals surface area contributed by atoms with E-state index >= 15 is 0 Å². The highest BCUT2D eigenvalue weighted by Gasteiger charge is 2.26. The monoisotopic (exact) mass is 734 g/mol. The van der Waals surface area contributed by atoms with Crippen LogP contribution < -0.4 is 5.32 Å². The average molecular weight is 734 g/mol. The number of aliphatic hydroxyl groups is 3. The first kappa shape index (κ1) is 50.8. The second-order valence-corrected chi connectivity index (χ2v) is 16.0. The fourth-order valence-corrected chi connectivity index (χ4v) is 7.18. The first-order valence-corrected chi connectivity index (χ1v) is 23.1. The van der Waals surface area contributed by atoms with Crippen LogP contribution in [0.3, 0.4) is 0 Å². The lowest BCUT2D eigenvalue weighted by atomic mass is 10.0. The Morgan fingerprint density at radius 1 is 0.462 bits per heavy atom. The summed E-state index contributed by atoms with van der Waals surface area (Å²) in [6, 6.07) is -0.828. The molecule has 3 atom stereocenters. The molecule has 0 aromatic rings. The van der Waals surface area contributed by atoms with E-state index in [2.05, 4.69) is 43.5 Å². The predicted molar refractivity (Wildman–Crippen MR) is 227 cm³/mol. The van der Waals surface area contributed by atoms with Gasteiger partial charge in [0.05, 0.1) is 18.8 Å². The smallest absolute Gasteiger partial charge is 0.220 e. The fourth-order valence-electron chi connectivity index (χ4n) is 7.18. The van der Waals surface area contributed by atoms with Gasteiger partial charge in [-0.3, -0.25) is 4.79 Å². The molecular formula is C47H91NO4. The van der Waals surface area contributed by atoms with E-state index in [0.29, 0.717) is 12.8 Å². The maximum atomic E-state index is 12.4. The summed E-state index contributed by atoms with van der Waals surface area (Å²) in [5.41, 5.74) is 0. The molecule has 3 unspecified atom stereocenters. The minimum Gasteiger partial charge on any atom is -0.394 e. The maximum Gasteiger partial charge on any atom is 0.220 e. The Kier molecular flexibility index (Phi) is 41.6. The lowest BCUT2D eigenvalue weighted by Crippen LogP contribution is -2.50. The van der Waals surface area contributed by atoms with Gasteiger partial charge in [-0.2, -0.15) is 0 Å². The number of rotatable bonds is 42. The van der Waals surface area contributed by atoms with E-state index in [1.807, 2.05) is 0 Å². The van der Waals surface area contributed by atoms with Crippen LogP contribution in [0.15, 0.2) is 24.3 Å². The topological polar surface area (TPSA) is 89.8 Å². The summed E-state index contributed by atoms with van der Waals surface area (Å²) < 4.78 is 0.